The van der Waals surface area contributed by atoms with Crippen molar-refractivity contribution in [2.24, 2.45) is 0 Å². The zero-order valence-electron chi connectivity index (χ0n) is 15.0. The first-order valence-corrected chi connectivity index (χ1v) is 10.0. The van der Waals surface area contributed by atoms with Crippen molar-refractivity contribution in [1.82, 2.24) is 23.4 Å². The Morgan fingerprint density at radius 1 is 1.28 bits per heavy atom. The molecular weight excluding hydrogens is 338 g/mol. The van der Waals surface area contributed by atoms with Gasteiger partial charge in [-0.15, -0.1) is 0 Å². The first-order chi connectivity index (χ1) is 11.9. The van der Waals surface area contributed by atoms with Crippen LogP contribution in [0.25, 0.3) is 11.4 Å². The van der Waals surface area contributed by atoms with Crippen LogP contribution < -0.4 is 0 Å². The molecule has 25 heavy (non-hydrogen) atoms. The van der Waals surface area contributed by atoms with Gasteiger partial charge in [-0.3, -0.25) is 9.67 Å². The number of aromatic nitrogens is 3. The van der Waals surface area contributed by atoms with Crippen LogP contribution in [-0.2, 0) is 16.8 Å². The Kier molecular flexibility index (Phi) is 5.21. The van der Waals surface area contributed by atoms with E-state index in [1.165, 1.54) is 4.31 Å². The summed E-state index contributed by atoms with van der Waals surface area (Å²) in [5.41, 5.74) is 2.78. The number of pyridine rings is 1. The quantitative estimate of drug-likeness (QED) is 0.789. The molecule has 7 nitrogen and oxygen atoms in total. The van der Waals surface area contributed by atoms with Crippen LogP contribution in [0, 0.1) is 0 Å². The van der Waals surface area contributed by atoms with Crippen LogP contribution in [0.2, 0.25) is 0 Å². The molecule has 3 heterocycles. The van der Waals surface area contributed by atoms with Crippen molar-refractivity contribution in [3.8, 4) is 11.4 Å². The number of nitrogens with zero attached hydrogens (tertiary/aromatic N) is 5. The van der Waals surface area contributed by atoms with E-state index in [1.54, 1.807) is 30.8 Å². The summed E-state index contributed by atoms with van der Waals surface area (Å²) in [6, 6.07) is 5.72. The smallest absolute Gasteiger partial charge is 0.263 e. The zero-order chi connectivity index (χ0) is 18.0. The molecule has 0 saturated carbocycles. The van der Waals surface area contributed by atoms with Gasteiger partial charge in [0.2, 0.25) is 0 Å². The Hall–Kier alpha value is -1.77. The van der Waals surface area contributed by atoms with Crippen molar-refractivity contribution in [2.75, 3.05) is 20.6 Å². The van der Waals surface area contributed by atoms with Crippen LogP contribution in [0.15, 0.2) is 30.6 Å². The molecule has 0 N–H and O–H groups in total. The van der Waals surface area contributed by atoms with E-state index < -0.39 is 10.2 Å². The fourth-order valence-electron chi connectivity index (χ4n) is 3.29. The summed E-state index contributed by atoms with van der Waals surface area (Å²) in [5, 5.41) is 4.35. The van der Waals surface area contributed by atoms with Gasteiger partial charge >= 0.3 is 0 Å². The monoisotopic (exact) mass is 363 g/mol. The molecule has 0 spiro atoms. The van der Waals surface area contributed by atoms with Crippen LogP contribution in [-0.4, -0.2) is 52.4 Å². The number of hydrogen-bond acceptors (Lipinski definition) is 4. The van der Waals surface area contributed by atoms with E-state index >= 15 is 0 Å². The molecule has 1 saturated heterocycles. The third-order valence-corrected chi connectivity index (χ3v) is 6.50. The number of hydrogen-bond donors (Lipinski definition) is 0. The predicted octanol–water partition coefficient (Wildman–Crippen LogP) is 2.30. The van der Waals surface area contributed by atoms with Crippen molar-refractivity contribution < 1.29 is 8.42 Å². The van der Waals surface area contributed by atoms with Crippen LogP contribution in [0.1, 0.15) is 37.8 Å². The molecule has 3 rings (SSSR count). The molecule has 0 bridgehead atoms. The highest BCUT2D eigenvalue weighted by Gasteiger charge is 2.36. The maximum absolute atomic E-state index is 12.6. The molecule has 2 aromatic rings. The Balaban J connectivity index is 1.95. The average molecular weight is 363 g/mol. The van der Waals surface area contributed by atoms with Crippen LogP contribution in [0.5, 0.6) is 0 Å². The van der Waals surface area contributed by atoms with E-state index in [1.807, 2.05) is 22.9 Å². The first kappa shape index (κ1) is 18.0. The van der Waals surface area contributed by atoms with Crippen molar-refractivity contribution in [3.63, 3.8) is 0 Å². The van der Waals surface area contributed by atoms with Crippen molar-refractivity contribution in [2.45, 2.75) is 38.8 Å². The molecular formula is C17H25N5O2S. The minimum Gasteiger partial charge on any atom is -0.263 e. The van der Waals surface area contributed by atoms with Crippen LogP contribution in [0.4, 0.5) is 0 Å². The van der Waals surface area contributed by atoms with Crippen LogP contribution in [0.3, 0.4) is 0 Å². The molecule has 0 radical (unpaired) electrons. The molecule has 136 valence electrons. The second kappa shape index (κ2) is 7.23. The second-order valence-electron chi connectivity index (χ2n) is 6.47. The molecule has 1 fully saturated rings. The van der Waals surface area contributed by atoms with E-state index in [2.05, 4.69) is 17.0 Å². The highest BCUT2D eigenvalue weighted by atomic mass is 32.2. The van der Waals surface area contributed by atoms with Gasteiger partial charge in [0.15, 0.2) is 0 Å². The average Bonchev–Trinajstić information content (AvgIpc) is 3.24. The van der Waals surface area contributed by atoms with Gasteiger partial charge in [0, 0.05) is 39.6 Å². The maximum Gasteiger partial charge on any atom is 0.282 e. The predicted molar refractivity (Wildman–Crippen MR) is 97.0 cm³/mol. The molecule has 0 unspecified atom stereocenters. The Labute approximate surface area is 149 Å². The van der Waals surface area contributed by atoms with E-state index in [9.17, 15) is 8.42 Å². The Morgan fingerprint density at radius 2 is 2.08 bits per heavy atom. The SMILES string of the molecule is CCCn1nccc1-c1cc([C@H]2CCCN2S(=O)(=O)N(C)C)ccn1. The van der Waals surface area contributed by atoms with E-state index in [0.717, 1.165) is 42.8 Å². The summed E-state index contributed by atoms with van der Waals surface area (Å²) in [4.78, 5) is 4.48. The third kappa shape index (κ3) is 3.47. The third-order valence-electron chi connectivity index (χ3n) is 4.54. The minimum absolute atomic E-state index is 0.142. The Morgan fingerprint density at radius 3 is 2.80 bits per heavy atom. The van der Waals surface area contributed by atoms with Crippen molar-refractivity contribution in [3.05, 3.63) is 36.2 Å². The molecule has 8 heteroatoms. The van der Waals surface area contributed by atoms with Gasteiger partial charge in [-0.25, -0.2) is 0 Å². The Bertz CT molecular complexity index is 831. The maximum atomic E-state index is 12.6. The van der Waals surface area contributed by atoms with Crippen LogP contribution >= 0.6 is 0 Å². The van der Waals surface area contributed by atoms with E-state index in [4.69, 9.17) is 0 Å². The molecule has 1 aliphatic rings. The zero-order valence-corrected chi connectivity index (χ0v) is 15.8. The highest BCUT2D eigenvalue weighted by Crippen LogP contribution is 2.35. The van der Waals surface area contributed by atoms with Crippen molar-refractivity contribution in [1.29, 1.82) is 0 Å². The summed E-state index contributed by atoms with van der Waals surface area (Å²) in [5.74, 6) is 0. The summed E-state index contributed by atoms with van der Waals surface area (Å²) >= 11 is 0. The number of rotatable bonds is 6. The number of aryl methyl sites for hydroxylation is 1. The summed E-state index contributed by atoms with van der Waals surface area (Å²) < 4.78 is 30.0. The largest absolute Gasteiger partial charge is 0.282 e. The molecule has 1 atom stereocenters. The molecule has 1 aliphatic heterocycles. The fourth-order valence-corrected chi connectivity index (χ4v) is 4.62. The minimum atomic E-state index is -3.43. The first-order valence-electron chi connectivity index (χ1n) is 8.62. The molecule has 2 aromatic heterocycles. The molecule has 0 amide bonds. The summed E-state index contributed by atoms with van der Waals surface area (Å²) in [6.07, 6.45) is 6.21. The lowest BCUT2D eigenvalue weighted by Gasteiger charge is -2.27. The summed E-state index contributed by atoms with van der Waals surface area (Å²) in [7, 11) is -0.278. The second-order valence-corrected chi connectivity index (χ2v) is 8.57. The standard InChI is InChI=1S/C17H25N5O2S/c1-4-11-21-17(8-10-19-21)15-13-14(7-9-18-15)16-6-5-12-22(16)25(23,24)20(2)3/h7-10,13,16H,4-6,11-12H2,1-3H3/t16-/m1/s1. The van der Waals surface area contributed by atoms with Gasteiger partial charge in [-0.1, -0.05) is 6.92 Å². The summed E-state index contributed by atoms with van der Waals surface area (Å²) in [6.45, 7) is 3.49. The van der Waals surface area contributed by atoms with Crippen molar-refractivity contribution >= 4 is 10.2 Å². The molecule has 0 aromatic carbocycles. The lowest BCUT2D eigenvalue weighted by atomic mass is 10.1. The van der Waals surface area contributed by atoms with Gasteiger partial charge in [-0.2, -0.15) is 22.1 Å². The van der Waals surface area contributed by atoms with Gasteiger partial charge in [-0.05, 0) is 43.0 Å². The van der Waals surface area contributed by atoms with Gasteiger partial charge in [0.1, 0.15) is 0 Å². The van der Waals surface area contributed by atoms with E-state index in [0.29, 0.717) is 6.54 Å². The highest BCUT2D eigenvalue weighted by molar-refractivity contribution is 7.86. The van der Waals surface area contributed by atoms with Gasteiger partial charge < -0.3 is 0 Å². The topological polar surface area (TPSA) is 71.3 Å². The van der Waals surface area contributed by atoms with Gasteiger partial charge in [0.05, 0.1) is 17.4 Å². The fraction of sp³-hybridized carbons (Fsp3) is 0.529. The van der Waals surface area contributed by atoms with E-state index in [-0.39, 0.29) is 6.04 Å². The normalized spacial score (nSPS) is 19.0. The molecule has 0 aliphatic carbocycles. The van der Waals surface area contributed by atoms with Gasteiger partial charge in [0.25, 0.3) is 10.2 Å². The lowest BCUT2D eigenvalue weighted by Crippen LogP contribution is -2.39. The lowest BCUT2D eigenvalue weighted by molar-refractivity contribution is 0.362.